The highest BCUT2D eigenvalue weighted by atomic mass is 35.5. The first kappa shape index (κ1) is 21.6. The number of nitrogens with zero attached hydrogens (tertiary/aromatic N) is 1. The number of hydrogen-bond acceptors (Lipinski definition) is 5. The average Bonchev–Trinajstić information content (AvgIpc) is 3.14. The quantitative estimate of drug-likeness (QED) is 0.696. The number of carbonyl (C=O) groups is 1. The van der Waals surface area contributed by atoms with Crippen molar-refractivity contribution in [1.82, 2.24) is 4.90 Å². The second kappa shape index (κ2) is 11.2. The van der Waals surface area contributed by atoms with Crippen LogP contribution in [-0.4, -0.2) is 42.2 Å². The molecule has 0 saturated heterocycles. The summed E-state index contributed by atoms with van der Waals surface area (Å²) in [5.41, 5.74) is 6.64. The second-order valence-corrected chi connectivity index (χ2v) is 6.57. The third-order valence-electron chi connectivity index (χ3n) is 3.83. The highest BCUT2D eigenvalue weighted by Gasteiger charge is 2.22. The Kier molecular flexibility index (Phi) is 9.70. The number of nitrogens with two attached hydrogens (primary N) is 1. The van der Waals surface area contributed by atoms with E-state index in [0.717, 1.165) is 10.4 Å². The van der Waals surface area contributed by atoms with E-state index in [0.29, 0.717) is 6.54 Å². The molecule has 1 aromatic heterocycles. The average molecular weight is 385 g/mol. The van der Waals surface area contributed by atoms with Crippen molar-refractivity contribution in [3.05, 3.63) is 58.3 Å². The van der Waals surface area contributed by atoms with Crippen molar-refractivity contribution >= 4 is 29.7 Å². The zero-order valence-corrected chi connectivity index (χ0v) is 15.8. The topological polar surface area (TPSA) is 75.8 Å². The smallest absolute Gasteiger partial charge is 0.225 e. The van der Waals surface area contributed by atoms with E-state index in [9.17, 15) is 9.90 Å². The molecule has 1 aromatic carbocycles. The van der Waals surface area contributed by atoms with E-state index in [1.807, 2.05) is 47.8 Å². The fourth-order valence-corrected chi connectivity index (χ4v) is 3.13. The van der Waals surface area contributed by atoms with E-state index in [4.69, 9.17) is 10.5 Å². The molecule has 0 saturated carbocycles. The van der Waals surface area contributed by atoms with Gasteiger partial charge in [-0.15, -0.1) is 23.7 Å². The summed E-state index contributed by atoms with van der Waals surface area (Å²) in [5.74, 6) is -0.0771. The van der Waals surface area contributed by atoms with E-state index in [1.54, 1.807) is 12.0 Å². The number of carbonyl (C=O) groups excluding carboxylic acids is 1. The van der Waals surface area contributed by atoms with Gasteiger partial charge in [-0.3, -0.25) is 4.79 Å². The van der Waals surface area contributed by atoms with E-state index in [-0.39, 0.29) is 43.9 Å². The van der Waals surface area contributed by atoms with Gasteiger partial charge in [0.05, 0.1) is 19.1 Å². The van der Waals surface area contributed by atoms with Crippen LogP contribution in [0.15, 0.2) is 47.8 Å². The minimum Gasteiger partial charge on any atom is -0.386 e. The Balaban J connectivity index is 0.00000312. The minimum atomic E-state index is -0.698. The molecule has 25 heavy (non-hydrogen) atoms. The maximum absolute atomic E-state index is 12.7. The van der Waals surface area contributed by atoms with E-state index in [1.165, 1.54) is 11.3 Å². The lowest BCUT2D eigenvalue weighted by Crippen LogP contribution is -2.38. The molecule has 1 amide bonds. The maximum Gasteiger partial charge on any atom is 0.225 e. The van der Waals surface area contributed by atoms with Gasteiger partial charge in [-0.2, -0.15) is 0 Å². The predicted molar refractivity (Wildman–Crippen MR) is 103 cm³/mol. The van der Waals surface area contributed by atoms with Crippen LogP contribution >= 0.6 is 23.7 Å². The first-order chi connectivity index (χ1) is 11.6. The Morgan fingerprint density at radius 1 is 1.28 bits per heavy atom. The molecule has 0 fully saturated rings. The summed E-state index contributed by atoms with van der Waals surface area (Å²) in [6.07, 6.45) is -0.803. The molecule has 1 heterocycles. The van der Waals surface area contributed by atoms with Gasteiger partial charge in [-0.25, -0.2) is 0 Å². The van der Waals surface area contributed by atoms with Crippen LogP contribution in [0, 0.1) is 0 Å². The molecule has 0 aliphatic rings. The van der Waals surface area contributed by atoms with Crippen molar-refractivity contribution in [1.29, 1.82) is 0 Å². The molecule has 7 heteroatoms. The lowest BCUT2D eigenvalue weighted by Gasteiger charge is -2.26. The molecule has 0 spiro atoms. The molecule has 138 valence electrons. The molecule has 2 rings (SSSR count). The molecule has 0 bridgehead atoms. The lowest BCUT2D eigenvalue weighted by molar-refractivity contribution is -0.135. The fraction of sp³-hybridized carbons (Fsp3) is 0.389. The number of aliphatic hydroxyl groups is 1. The zero-order valence-electron chi connectivity index (χ0n) is 14.2. The number of amides is 1. The van der Waals surface area contributed by atoms with Crippen LogP contribution < -0.4 is 5.73 Å². The van der Waals surface area contributed by atoms with Crippen LogP contribution in [0.4, 0.5) is 0 Å². The third kappa shape index (κ3) is 6.76. The normalized spacial score (nSPS) is 12.9. The molecule has 0 aliphatic carbocycles. The van der Waals surface area contributed by atoms with Crippen LogP contribution in [0.3, 0.4) is 0 Å². The van der Waals surface area contributed by atoms with Crippen LogP contribution in [0.2, 0.25) is 0 Å². The molecular formula is C18H25ClN2O3S. The van der Waals surface area contributed by atoms with Crippen molar-refractivity contribution in [3.8, 4) is 0 Å². The molecular weight excluding hydrogens is 360 g/mol. The van der Waals surface area contributed by atoms with Crippen LogP contribution in [0.1, 0.15) is 23.0 Å². The van der Waals surface area contributed by atoms with Gasteiger partial charge >= 0.3 is 0 Å². The summed E-state index contributed by atoms with van der Waals surface area (Å²) in [4.78, 5) is 15.2. The third-order valence-corrected chi connectivity index (χ3v) is 4.81. The van der Waals surface area contributed by atoms with Gasteiger partial charge in [0.1, 0.15) is 6.10 Å². The van der Waals surface area contributed by atoms with Crippen molar-refractivity contribution < 1.29 is 14.6 Å². The van der Waals surface area contributed by atoms with E-state index in [2.05, 4.69) is 0 Å². The van der Waals surface area contributed by atoms with Gasteiger partial charge in [0.2, 0.25) is 5.91 Å². The number of benzene rings is 1. The van der Waals surface area contributed by atoms with Crippen molar-refractivity contribution in [2.24, 2.45) is 5.73 Å². The standard InChI is InChI=1S/C18H24N2O3S.ClH/c1-23-15(11-19)10-18(22)20(12-14-6-3-2-4-7-14)13-16(21)17-8-5-9-24-17;/h2-9,15-16,21H,10-13,19H2,1H3;1H. The molecule has 0 radical (unpaired) electrons. The largest absolute Gasteiger partial charge is 0.386 e. The molecule has 0 aliphatic heterocycles. The minimum absolute atomic E-state index is 0. The van der Waals surface area contributed by atoms with Gasteiger partial charge in [0.15, 0.2) is 0 Å². The number of halogens is 1. The second-order valence-electron chi connectivity index (χ2n) is 5.59. The van der Waals surface area contributed by atoms with Crippen molar-refractivity contribution in [2.45, 2.75) is 25.2 Å². The van der Waals surface area contributed by atoms with Gasteiger partial charge in [-0.05, 0) is 17.0 Å². The van der Waals surface area contributed by atoms with Crippen molar-refractivity contribution in [3.63, 3.8) is 0 Å². The predicted octanol–water partition coefficient (Wildman–Crippen LogP) is 2.60. The van der Waals surface area contributed by atoms with Crippen molar-refractivity contribution in [2.75, 3.05) is 20.2 Å². The van der Waals surface area contributed by atoms with Crippen LogP contribution in [0.5, 0.6) is 0 Å². The summed E-state index contributed by atoms with van der Waals surface area (Å²) < 4.78 is 5.21. The molecule has 2 unspecified atom stereocenters. The summed E-state index contributed by atoms with van der Waals surface area (Å²) in [7, 11) is 1.55. The summed E-state index contributed by atoms with van der Waals surface area (Å²) >= 11 is 1.48. The molecule has 2 atom stereocenters. The Hall–Kier alpha value is -1.44. The zero-order chi connectivity index (χ0) is 17.4. The van der Waals surface area contributed by atoms with Gasteiger partial charge < -0.3 is 20.5 Å². The van der Waals surface area contributed by atoms with E-state index >= 15 is 0 Å². The number of aliphatic hydroxyl groups excluding tert-OH is 1. The molecule has 2 aromatic rings. The Bertz CT molecular complexity index is 606. The van der Waals surface area contributed by atoms with Crippen LogP contribution in [-0.2, 0) is 16.1 Å². The monoisotopic (exact) mass is 384 g/mol. The maximum atomic E-state index is 12.7. The number of ether oxygens (including phenoxy) is 1. The Morgan fingerprint density at radius 2 is 2.00 bits per heavy atom. The lowest BCUT2D eigenvalue weighted by atomic mass is 10.1. The first-order valence-electron chi connectivity index (χ1n) is 7.90. The first-order valence-corrected chi connectivity index (χ1v) is 8.78. The van der Waals surface area contributed by atoms with E-state index < -0.39 is 6.10 Å². The van der Waals surface area contributed by atoms with Crippen LogP contribution in [0.25, 0.3) is 0 Å². The highest BCUT2D eigenvalue weighted by molar-refractivity contribution is 7.10. The molecule has 3 N–H and O–H groups in total. The summed E-state index contributed by atoms with van der Waals surface area (Å²) in [5, 5.41) is 12.3. The fourth-order valence-electron chi connectivity index (χ4n) is 2.42. The Labute approximate surface area is 158 Å². The van der Waals surface area contributed by atoms with Gasteiger partial charge in [0.25, 0.3) is 0 Å². The number of rotatable bonds is 9. The number of thiophene rings is 1. The van der Waals surface area contributed by atoms with Gasteiger partial charge in [-0.1, -0.05) is 36.4 Å². The summed E-state index contributed by atoms with van der Waals surface area (Å²) in [6, 6.07) is 13.5. The Morgan fingerprint density at radius 3 is 2.56 bits per heavy atom. The molecule has 5 nitrogen and oxygen atoms in total. The summed E-state index contributed by atoms with van der Waals surface area (Å²) in [6.45, 7) is 0.979. The number of methoxy groups -OCH3 is 1. The number of hydrogen-bond donors (Lipinski definition) is 2. The SMILES string of the molecule is COC(CN)CC(=O)N(Cc1ccccc1)CC(O)c1cccs1.Cl. The highest BCUT2D eigenvalue weighted by Crippen LogP contribution is 2.21. The van der Waals surface area contributed by atoms with Gasteiger partial charge in [0, 0.05) is 25.1 Å².